The third-order valence-electron chi connectivity index (χ3n) is 7.04. The summed E-state index contributed by atoms with van der Waals surface area (Å²) < 4.78 is 1.85. The number of nitrogens with zero attached hydrogens (tertiary/aromatic N) is 3. The highest BCUT2D eigenvalue weighted by Crippen LogP contribution is 2.50. The van der Waals surface area contributed by atoms with Crippen molar-refractivity contribution in [1.29, 1.82) is 0 Å². The molecule has 0 spiro atoms. The molecule has 150 valence electrons. The second-order valence-corrected chi connectivity index (χ2v) is 8.51. The van der Waals surface area contributed by atoms with Gasteiger partial charge < -0.3 is 14.4 Å². The van der Waals surface area contributed by atoms with Crippen molar-refractivity contribution in [2.45, 2.75) is 31.0 Å². The quantitative estimate of drug-likeness (QED) is 0.663. The summed E-state index contributed by atoms with van der Waals surface area (Å²) in [6, 6.07) is 20.5. The largest absolute Gasteiger partial charge is 0.347 e. The van der Waals surface area contributed by atoms with E-state index in [0.29, 0.717) is 18.7 Å². The third-order valence-corrected chi connectivity index (χ3v) is 7.04. The van der Waals surface area contributed by atoms with E-state index < -0.39 is 0 Å². The van der Waals surface area contributed by atoms with Crippen molar-refractivity contribution in [3.8, 4) is 11.1 Å². The second kappa shape index (κ2) is 6.33. The lowest BCUT2D eigenvalue weighted by Gasteiger charge is -2.32. The SMILES string of the molecule is Cn1cccc1C(=O)N1CC[C@H]2[C@@H]1CC(=O)N2C1c2ccccc2-c2ccccc21. The van der Waals surface area contributed by atoms with Crippen LogP contribution in [0.4, 0.5) is 0 Å². The molecule has 0 radical (unpaired) electrons. The van der Waals surface area contributed by atoms with Crippen molar-refractivity contribution < 1.29 is 9.59 Å². The van der Waals surface area contributed by atoms with Crippen LogP contribution < -0.4 is 0 Å². The molecule has 5 nitrogen and oxygen atoms in total. The van der Waals surface area contributed by atoms with Gasteiger partial charge in [-0.05, 0) is 40.8 Å². The van der Waals surface area contributed by atoms with E-state index in [1.807, 2.05) is 34.8 Å². The Bertz CT molecular complexity index is 1130. The van der Waals surface area contributed by atoms with Crippen molar-refractivity contribution in [3.63, 3.8) is 0 Å². The highest BCUT2D eigenvalue weighted by Gasteiger charge is 2.52. The third kappa shape index (κ3) is 2.29. The normalized spacial score (nSPS) is 22.4. The Morgan fingerprint density at radius 1 is 0.900 bits per heavy atom. The number of carbonyl (C=O) groups excluding carboxylic acids is 2. The van der Waals surface area contributed by atoms with Crippen LogP contribution in [0.2, 0.25) is 0 Å². The van der Waals surface area contributed by atoms with Gasteiger partial charge in [-0.3, -0.25) is 9.59 Å². The first kappa shape index (κ1) is 17.5. The van der Waals surface area contributed by atoms with Gasteiger partial charge in [0.25, 0.3) is 5.91 Å². The molecule has 0 N–H and O–H groups in total. The summed E-state index contributed by atoms with van der Waals surface area (Å²) in [5.41, 5.74) is 5.49. The summed E-state index contributed by atoms with van der Waals surface area (Å²) in [5.74, 6) is 0.169. The van der Waals surface area contributed by atoms with E-state index in [9.17, 15) is 9.59 Å². The highest BCUT2D eigenvalue weighted by atomic mass is 16.2. The van der Waals surface area contributed by atoms with Crippen LogP contribution in [0, 0.1) is 0 Å². The number of hydrogen-bond donors (Lipinski definition) is 0. The maximum Gasteiger partial charge on any atom is 0.270 e. The van der Waals surface area contributed by atoms with Gasteiger partial charge in [-0.15, -0.1) is 0 Å². The molecule has 2 aromatic carbocycles. The summed E-state index contributed by atoms with van der Waals surface area (Å²) in [5, 5.41) is 0. The summed E-state index contributed by atoms with van der Waals surface area (Å²) in [6.07, 6.45) is 3.12. The molecule has 30 heavy (non-hydrogen) atoms. The van der Waals surface area contributed by atoms with Gasteiger partial charge in [-0.25, -0.2) is 0 Å². The maximum absolute atomic E-state index is 13.3. The number of fused-ring (bicyclic) bond motifs is 4. The van der Waals surface area contributed by atoms with Crippen LogP contribution in [-0.4, -0.2) is 44.8 Å². The summed E-state index contributed by atoms with van der Waals surface area (Å²) >= 11 is 0. The fourth-order valence-electron chi connectivity index (χ4n) is 5.72. The molecule has 1 aliphatic carbocycles. The van der Waals surface area contributed by atoms with E-state index in [-0.39, 0.29) is 29.9 Å². The minimum atomic E-state index is -0.0648. The first-order valence-corrected chi connectivity index (χ1v) is 10.6. The molecular formula is C25H23N3O2. The Balaban J connectivity index is 1.38. The van der Waals surface area contributed by atoms with E-state index in [4.69, 9.17) is 0 Å². The van der Waals surface area contributed by atoms with Gasteiger partial charge in [-0.1, -0.05) is 48.5 Å². The van der Waals surface area contributed by atoms with Crippen LogP contribution in [0.3, 0.4) is 0 Å². The summed E-state index contributed by atoms with van der Waals surface area (Å²) in [7, 11) is 1.89. The number of benzene rings is 2. The molecule has 3 aromatic rings. The lowest BCUT2D eigenvalue weighted by atomic mass is 10.0. The zero-order chi connectivity index (χ0) is 20.4. The molecule has 0 saturated carbocycles. The van der Waals surface area contributed by atoms with Gasteiger partial charge >= 0.3 is 0 Å². The molecule has 2 atom stereocenters. The predicted molar refractivity (Wildman–Crippen MR) is 114 cm³/mol. The van der Waals surface area contributed by atoms with Gasteiger partial charge in [0.15, 0.2) is 0 Å². The fourth-order valence-corrected chi connectivity index (χ4v) is 5.72. The molecule has 0 bridgehead atoms. The molecule has 0 unspecified atom stereocenters. The van der Waals surface area contributed by atoms with Gasteiger partial charge in [0.1, 0.15) is 5.69 Å². The summed E-state index contributed by atoms with van der Waals surface area (Å²) in [6.45, 7) is 0.694. The monoisotopic (exact) mass is 397 g/mol. The lowest BCUT2D eigenvalue weighted by Crippen LogP contribution is -2.41. The standard InChI is InChI=1S/C25H23N3O2/c1-26-13-6-11-21(26)25(30)27-14-12-20-22(27)15-23(29)28(20)24-18-9-4-2-7-16(18)17-8-3-5-10-19(17)24/h2-11,13,20,22,24H,12,14-15H2,1H3/t20-,22-/m0/s1. The van der Waals surface area contributed by atoms with Crippen molar-refractivity contribution in [2.75, 3.05) is 6.54 Å². The smallest absolute Gasteiger partial charge is 0.270 e. The van der Waals surface area contributed by atoms with Crippen LogP contribution in [0.25, 0.3) is 11.1 Å². The topological polar surface area (TPSA) is 45.6 Å². The van der Waals surface area contributed by atoms with Crippen LogP contribution in [0.5, 0.6) is 0 Å². The highest BCUT2D eigenvalue weighted by molar-refractivity contribution is 5.94. The predicted octanol–water partition coefficient (Wildman–Crippen LogP) is 3.61. The number of amides is 2. The molecule has 5 heteroatoms. The average Bonchev–Trinajstić information content (AvgIpc) is 3.50. The number of hydrogen-bond acceptors (Lipinski definition) is 2. The summed E-state index contributed by atoms with van der Waals surface area (Å²) in [4.78, 5) is 30.5. The van der Waals surface area contributed by atoms with Crippen molar-refractivity contribution in [1.82, 2.24) is 14.4 Å². The Kier molecular flexibility index (Phi) is 3.69. The van der Waals surface area contributed by atoms with Crippen molar-refractivity contribution >= 4 is 11.8 Å². The molecule has 2 fully saturated rings. The number of aromatic nitrogens is 1. The van der Waals surface area contributed by atoms with Crippen molar-refractivity contribution in [2.24, 2.45) is 7.05 Å². The molecule has 1 aromatic heterocycles. The Morgan fingerprint density at radius 3 is 2.20 bits per heavy atom. The van der Waals surface area contributed by atoms with Gasteiger partial charge in [0.2, 0.25) is 5.91 Å². The first-order valence-electron chi connectivity index (χ1n) is 10.6. The minimum absolute atomic E-state index is 0.0249. The number of carbonyl (C=O) groups is 2. The average molecular weight is 397 g/mol. The van der Waals surface area contributed by atoms with Gasteiger partial charge in [0.05, 0.1) is 18.1 Å². The van der Waals surface area contributed by atoms with Crippen LogP contribution in [-0.2, 0) is 11.8 Å². The maximum atomic E-state index is 13.3. The second-order valence-electron chi connectivity index (χ2n) is 8.51. The minimum Gasteiger partial charge on any atom is -0.347 e. The van der Waals surface area contributed by atoms with E-state index in [2.05, 4.69) is 53.4 Å². The van der Waals surface area contributed by atoms with Crippen LogP contribution in [0.15, 0.2) is 66.9 Å². The van der Waals surface area contributed by atoms with E-state index in [1.54, 1.807) is 0 Å². The Labute approximate surface area is 175 Å². The van der Waals surface area contributed by atoms with E-state index in [1.165, 1.54) is 22.3 Å². The number of rotatable bonds is 2. The zero-order valence-electron chi connectivity index (χ0n) is 16.9. The Morgan fingerprint density at radius 2 is 1.57 bits per heavy atom. The van der Waals surface area contributed by atoms with Gasteiger partial charge in [-0.2, -0.15) is 0 Å². The van der Waals surface area contributed by atoms with Crippen LogP contribution in [0.1, 0.15) is 40.5 Å². The van der Waals surface area contributed by atoms with Gasteiger partial charge in [0, 0.05) is 26.2 Å². The molecule has 6 rings (SSSR count). The molecule has 3 heterocycles. The van der Waals surface area contributed by atoms with E-state index in [0.717, 1.165) is 6.42 Å². The molecular weight excluding hydrogens is 374 g/mol. The number of aryl methyl sites for hydroxylation is 1. The zero-order valence-corrected chi connectivity index (χ0v) is 16.9. The molecule has 2 amide bonds. The molecule has 3 aliphatic rings. The first-order chi connectivity index (χ1) is 14.6. The van der Waals surface area contributed by atoms with E-state index >= 15 is 0 Å². The molecule has 2 aliphatic heterocycles. The number of likely N-dealkylation sites (tertiary alicyclic amines) is 2. The lowest BCUT2D eigenvalue weighted by molar-refractivity contribution is -0.130. The fraction of sp³-hybridized carbons (Fsp3) is 0.280. The van der Waals surface area contributed by atoms with Crippen LogP contribution >= 0.6 is 0 Å². The molecule has 2 saturated heterocycles. The van der Waals surface area contributed by atoms with Crippen molar-refractivity contribution in [3.05, 3.63) is 83.7 Å². The Hall–Kier alpha value is -3.34.